The molecule has 0 amide bonds. The van der Waals surface area contributed by atoms with Gasteiger partial charge in [-0.2, -0.15) is 10.5 Å². The van der Waals surface area contributed by atoms with Crippen molar-refractivity contribution in [2.75, 3.05) is 11.9 Å². The van der Waals surface area contributed by atoms with Gasteiger partial charge in [0, 0.05) is 18.7 Å². The highest BCUT2D eigenvalue weighted by Crippen LogP contribution is 2.08. The van der Waals surface area contributed by atoms with E-state index in [9.17, 15) is 0 Å². The first-order valence-corrected chi connectivity index (χ1v) is 4.98. The molecule has 0 heterocycles. The lowest BCUT2D eigenvalue weighted by molar-refractivity contribution is 0.785. The van der Waals surface area contributed by atoms with Crippen molar-refractivity contribution >= 4 is 5.69 Å². The molecule has 0 bridgehead atoms. The van der Waals surface area contributed by atoms with Crippen LogP contribution in [-0.4, -0.2) is 6.54 Å². The van der Waals surface area contributed by atoms with Crippen molar-refractivity contribution in [1.29, 1.82) is 10.5 Å². The number of nitrogens with zero attached hydrogens (tertiary/aromatic N) is 2. The summed E-state index contributed by atoms with van der Waals surface area (Å²) in [5, 5.41) is 20.2. The summed E-state index contributed by atoms with van der Waals surface area (Å²) in [6, 6.07) is 11.6. The molecular formula is C12H13N3. The molecule has 15 heavy (non-hydrogen) atoms. The van der Waals surface area contributed by atoms with Crippen molar-refractivity contribution in [3.63, 3.8) is 0 Å². The van der Waals surface area contributed by atoms with Crippen LogP contribution in [0, 0.1) is 22.7 Å². The van der Waals surface area contributed by atoms with E-state index in [0.717, 1.165) is 25.1 Å². The standard InChI is InChI=1S/C12H13N3/c13-8-2-1-3-9-15-12-6-4-11(10-14)5-7-12/h4-7,15H,1-3,9H2. The number of rotatable bonds is 5. The smallest absolute Gasteiger partial charge is 0.0991 e. The first kappa shape index (κ1) is 11.1. The maximum Gasteiger partial charge on any atom is 0.0991 e. The van der Waals surface area contributed by atoms with Crippen molar-refractivity contribution in [2.45, 2.75) is 19.3 Å². The van der Waals surface area contributed by atoms with Crippen LogP contribution >= 0.6 is 0 Å². The van der Waals surface area contributed by atoms with E-state index in [2.05, 4.69) is 17.5 Å². The number of hydrogen-bond acceptors (Lipinski definition) is 3. The van der Waals surface area contributed by atoms with Gasteiger partial charge in [-0.3, -0.25) is 0 Å². The number of nitrogens with one attached hydrogen (secondary N) is 1. The molecular weight excluding hydrogens is 186 g/mol. The summed E-state index contributed by atoms with van der Waals surface area (Å²) in [7, 11) is 0. The summed E-state index contributed by atoms with van der Waals surface area (Å²) in [6.07, 6.45) is 2.54. The van der Waals surface area contributed by atoms with E-state index in [1.807, 2.05) is 12.1 Å². The molecule has 76 valence electrons. The van der Waals surface area contributed by atoms with Crippen LogP contribution in [0.3, 0.4) is 0 Å². The van der Waals surface area contributed by atoms with Gasteiger partial charge >= 0.3 is 0 Å². The van der Waals surface area contributed by atoms with Crippen molar-refractivity contribution in [3.8, 4) is 12.1 Å². The van der Waals surface area contributed by atoms with Crippen LogP contribution in [0.5, 0.6) is 0 Å². The predicted octanol–water partition coefficient (Wildman–Crippen LogP) is 2.66. The predicted molar refractivity (Wildman–Crippen MR) is 59.1 cm³/mol. The van der Waals surface area contributed by atoms with E-state index in [1.54, 1.807) is 12.1 Å². The summed E-state index contributed by atoms with van der Waals surface area (Å²) in [5.41, 5.74) is 1.69. The largest absolute Gasteiger partial charge is 0.385 e. The van der Waals surface area contributed by atoms with Crippen LogP contribution < -0.4 is 5.32 Å². The molecule has 0 aliphatic carbocycles. The Morgan fingerprint density at radius 1 is 1.07 bits per heavy atom. The molecule has 0 aliphatic rings. The Morgan fingerprint density at radius 2 is 1.80 bits per heavy atom. The van der Waals surface area contributed by atoms with Gasteiger partial charge in [0.2, 0.25) is 0 Å². The van der Waals surface area contributed by atoms with Crippen LogP contribution in [0.15, 0.2) is 24.3 Å². The molecule has 1 rings (SSSR count). The monoisotopic (exact) mass is 199 g/mol. The van der Waals surface area contributed by atoms with E-state index >= 15 is 0 Å². The van der Waals surface area contributed by atoms with Gasteiger partial charge < -0.3 is 5.32 Å². The van der Waals surface area contributed by atoms with Gasteiger partial charge in [0.1, 0.15) is 0 Å². The molecule has 0 atom stereocenters. The molecule has 0 spiro atoms. The van der Waals surface area contributed by atoms with Crippen molar-refractivity contribution in [3.05, 3.63) is 29.8 Å². The van der Waals surface area contributed by atoms with Crippen LogP contribution in [0.4, 0.5) is 5.69 Å². The Labute approximate surface area is 90.0 Å². The fourth-order valence-electron chi connectivity index (χ4n) is 1.22. The minimum Gasteiger partial charge on any atom is -0.385 e. The lowest BCUT2D eigenvalue weighted by atomic mass is 10.2. The highest BCUT2D eigenvalue weighted by Gasteiger charge is 1.92. The molecule has 1 N–H and O–H groups in total. The average Bonchev–Trinajstić information content (AvgIpc) is 2.30. The third kappa shape index (κ3) is 4.15. The summed E-state index contributed by atoms with van der Waals surface area (Å²) in [4.78, 5) is 0. The molecule has 0 fully saturated rings. The van der Waals surface area contributed by atoms with Gasteiger partial charge in [0.05, 0.1) is 17.7 Å². The first-order valence-electron chi connectivity index (χ1n) is 4.98. The molecule has 0 unspecified atom stereocenters. The fraction of sp³-hybridized carbons (Fsp3) is 0.333. The summed E-state index contributed by atoms with van der Waals surface area (Å²) in [5.74, 6) is 0. The second-order valence-corrected chi connectivity index (χ2v) is 3.23. The zero-order valence-electron chi connectivity index (χ0n) is 8.53. The highest BCUT2D eigenvalue weighted by molar-refractivity contribution is 5.46. The van der Waals surface area contributed by atoms with Gasteiger partial charge in [0.15, 0.2) is 0 Å². The quantitative estimate of drug-likeness (QED) is 0.741. The van der Waals surface area contributed by atoms with E-state index < -0.39 is 0 Å². The van der Waals surface area contributed by atoms with E-state index in [0.29, 0.717) is 12.0 Å². The van der Waals surface area contributed by atoms with Crippen LogP contribution in [-0.2, 0) is 0 Å². The van der Waals surface area contributed by atoms with Gasteiger partial charge in [-0.05, 0) is 37.1 Å². The van der Waals surface area contributed by atoms with Gasteiger partial charge in [-0.25, -0.2) is 0 Å². The molecule has 0 radical (unpaired) electrons. The van der Waals surface area contributed by atoms with E-state index in [-0.39, 0.29) is 0 Å². The third-order valence-electron chi connectivity index (χ3n) is 2.06. The molecule has 1 aromatic rings. The summed E-state index contributed by atoms with van der Waals surface area (Å²) in [6.45, 7) is 0.869. The van der Waals surface area contributed by atoms with Crippen molar-refractivity contribution < 1.29 is 0 Å². The Bertz CT molecular complexity index is 367. The SMILES string of the molecule is N#CCCCCNc1ccc(C#N)cc1. The minimum atomic E-state index is 0.620. The second kappa shape index (κ2) is 6.45. The van der Waals surface area contributed by atoms with Gasteiger partial charge in [-0.15, -0.1) is 0 Å². The Kier molecular flexibility index (Phi) is 4.77. The molecule has 0 saturated heterocycles. The van der Waals surface area contributed by atoms with E-state index in [1.165, 1.54) is 0 Å². The van der Waals surface area contributed by atoms with Gasteiger partial charge in [0.25, 0.3) is 0 Å². The van der Waals surface area contributed by atoms with E-state index in [4.69, 9.17) is 10.5 Å². The fourth-order valence-corrected chi connectivity index (χ4v) is 1.22. The van der Waals surface area contributed by atoms with Gasteiger partial charge in [-0.1, -0.05) is 0 Å². The Hall–Kier alpha value is -2.00. The number of benzene rings is 1. The normalized spacial score (nSPS) is 8.93. The zero-order chi connectivity index (χ0) is 10.9. The lowest BCUT2D eigenvalue weighted by Gasteiger charge is -2.04. The topological polar surface area (TPSA) is 59.6 Å². The molecule has 0 aliphatic heterocycles. The summed E-state index contributed by atoms with van der Waals surface area (Å²) >= 11 is 0. The number of unbranched alkanes of at least 4 members (excludes halogenated alkanes) is 2. The lowest BCUT2D eigenvalue weighted by Crippen LogP contribution is -2.00. The average molecular weight is 199 g/mol. The molecule has 0 aromatic heterocycles. The second-order valence-electron chi connectivity index (χ2n) is 3.23. The van der Waals surface area contributed by atoms with Crippen LogP contribution in [0.25, 0.3) is 0 Å². The van der Waals surface area contributed by atoms with Crippen LogP contribution in [0.2, 0.25) is 0 Å². The highest BCUT2D eigenvalue weighted by atomic mass is 14.9. The first-order chi connectivity index (χ1) is 7.36. The maximum atomic E-state index is 8.60. The van der Waals surface area contributed by atoms with Crippen molar-refractivity contribution in [1.82, 2.24) is 0 Å². The molecule has 1 aromatic carbocycles. The zero-order valence-corrected chi connectivity index (χ0v) is 8.53. The van der Waals surface area contributed by atoms with Crippen molar-refractivity contribution in [2.24, 2.45) is 0 Å². The Balaban J connectivity index is 2.27. The number of hydrogen-bond donors (Lipinski definition) is 1. The van der Waals surface area contributed by atoms with Crippen LogP contribution in [0.1, 0.15) is 24.8 Å². The minimum absolute atomic E-state index is 0.620. The maximum absolute atomic E-state index is 8.60. The Morgan fingerprint density at radius 3 is 2.40 bits per heavy atom. The molecule has 0 saturated carbocycles. The summed E-state index contributed by atoms with van der Waals surface area (Å²) < 4.78 is 0. The molecule has 3 heteroatoms. The number of nitriles is 2. The third-order valence-corrected chi connectivity index (χ3v) is 2.06. The molecule has 3 nitrogen and oxygen atoms in total. The number of anilines is 1.